The van der Waals surface area contributed by atoms with E-state index in [2.05, 4.69) is 30.3 Å². The summed E-state index contributed by atoms with van der Waals surface area (Å²) in [4.78, 5) is 4.48. The van der Waals surface area contributed by atoms with E-state index in [-0.39, 0.29) is 16.4 Å². The van der Waals surface area contributed by atoms with Crippen molar-refractivity contribution >= 4 is 34.2 Å². The predicted molar refractivity (Wildman–Crippen MR) is 83.1 cm³/mol. The van der Waals surface area contributed by atoms with E-state index in [0.717, 1.165) is 17.8 Å². The Labute approximate surface area is 128 Å². The number of hydrogen-bond acceptors (Lipinski definition) is 1. The number of nitrogens with zero attached hydrogens (tertiary/aromatic N) is 2. The lowest BCUT2D eigenvalue weighted by Gasteiger charge is -2.23. The number of rotatable bonds is 4. The first-order valence-electron chi connectivity index (χ1n) is 6.87. The number of alkyl halides is 1. The lowest BCUT2D eigenvalue weighted by molar-refractivity contribution is 0.369. The minimum atomic E-state index is -0.450. The Morgan fingerprint density at radius 1 is 1.30 bits per heavy atom. The van der Waals surface area contributed by atoms with Gasteiger partial charge in [-0.25, -0.2) is 9.37 Å². The van der Waals surface area contributed by atoms with Crippen molar-refractivity contribution in [2.45, 2.75) is 45.5 Å². The van der Waals surface area contributed by atoms with E-state index in [0.29, 0.717) is 11.4 Å². The molecule has 0 saturated heterocycles. The largest absolute Gasteiger partial charge is 0.324 e. The second-order valence-corrected chi connectivity index (χ2v) is 6.40. The van der Waals surface area contributed by atoms with Crippen LogP contribution in [0.5, 0.6) is 0 Å². The minimum absolute atomic E-state index is 0.115. The van der Waals surface area contributed by atoms with E-state index in [1.807, 2.05) is 6.92 Å². The summed E-state index contributed by atoms with van der Waals surface area (Å²) < 4.78 is 15.7. The van der Waals surface area contributed by atoms with Crippen LogP contribution in [-0.2, 0) is 0 Å². The third-order valence-corrected chi connectivity index (χ3v) is 4.47. The molecule has 20 heavy (non-hydrogen) atoms. The van der Waals surface area contributed by atoms with Gasteiger partial charge < -0.3 is 4.57 Å². The first-order chi connectivity index (χ1) is 9.36. The third-order valence-electron chi connectivity index (χ3n) is 3.99. The van der Waals surface area contributed by atoms with E-state index in [9.17, 15) is 4.39 Å². The van der Waals surface area contributed by atoms with Gasteiger partial charge in [-0.05, 0) is 25.8 Å². The maximum atomic E-state index is 13.6. The number of aromatic nitrogens is 2. The van der Waals surface area contributed by atoms with E-state index in [1.165, 1.54) is 6.07 Å². The average Bonchev–Trinajstić information content (AvgIpc) is 2.76. The maximum absolute atomic E-state index is 13.6. The van der Waals surface area contributed by atoms with Gasteiger partial charge in [0.25, 0.3) is 0 Å². The molecular weight excluding hydrogens is 298 g/mol. The van der Waals surface area contributed by atoms with Gasteiger partial charge in [0.2, 0.25) is 0 Å². The van der Waals surface area contributed by atoms with Crippen LogP contribution in [0.25, 0.3) is 11.0 Å². The van der Waals surface area contributed by atoms with Crippen molar-refractivity contribution in [3.8, 4) is 0 Å². The number of hydrogen-bond donors (Lipinski definition) is 0. The molecule has 0 aliphatic carbocycles. The van der Waals surface area contributed by atoms with Crippen LogP contribution in [0.1, 0.15) is 51.4 Å². The molecule has 1 heterocycles. The van der Waals surface area contributed by atoms with Crippen LogP contribution in [0.4, 0.5) is 4.39 Å². The van der Waals surface area contributed by atoms with Gasteiger partial charge in [0.1, 0.15) is 11.6 Å². The van der Waals surface area contributed by atoms with E-state index in [1.54, 1.807) is 6.07 Å². The normalized spacial score (nSPS) is 16.4. The van der Waals surface area contributed by atoms with Crippen LogP contribution >= 0.6 is 23.2 Å². The summed E-state index contributed by atoms with van der Waals surface area (Å²) in [5.41, 5.74) is 1.44. The molecule has 110 valence electrons. The number of halogens is 3. The summed E-state index contributed by atoms with van der Waals surface area (Å²) in [5, 5.41) is -0.125. The molecule has 2 rings (SSSR count). The van der Waals surface area contributed by atoms with Gasteiger partial charge in [-0.1, -0.05) is 31.9 Å². The van der Waals surface area contributed by atoms with Crippen LogP contribution < -0.4 is 0 Å². The Bertz CT molecular complexity index is 622. The molecule has 1 aromatic carbocycles. The van der Waals surface area contributed by atoms with Gasteiger partial charge in [-0.3, -0.25) is 0 Å². The fourth-order valence-electron chi connectivity index (χ4n) is 2.41. The van der Waals surface area contributed by atoms with E-state index >= 15 is 0 Å². The van der Waals surface area contributed by atoms with Crippen LogP contribution in [-0.4, -0.2) is 9.55 Å². The molecule has 0 saturated carbocycles. The highest BCUT2D eigenvalue weighted by molar-refractivity contribution is 6.31. The van der Waals surface area contributed by atoms with Crippen molar-refractivity contribution in [1.82, 2.24) is 9.55 Å². The van der Waals surface area contributed by atoms with Crippen molar-refractivity contribution in [2.75, 3.05) is 0 Å². The van der Waals surface area contributed by atoms with Crippen LogP contribution in [0.2, 0.25) is 5.02 Å². The zero-order valence-electron chi connectivity index (χ0n) is 12.1. The Hall–Kier alpha value is -0.800. The Kier molecular flexibility index (Phi) is 4.60. The molecule has 0 N–H and O–H groups in total. The highest BCUT2D eigenvalue weighted by Gasteiger charge is 2.23. The van der Waals surface area contributed by atoms with E-state index < -0.39 is 5.82 Å². The fraction of sp³-hybridized carbons (Fsp3) is 0.533. The lowest BCUT2D eigenvalue weighted by Crippen LogP contribution is -2.16. The molecule has 0 spiro atoms. The summed E-state index contributed by atoms with van der Waals surface area (Å²) in [6.45, 7) is 8.34. The second-order valence-electron chi connectivity index (χ2n) is 5.34. The van der Waals surface area contributed by atoms with Crippen molar-refractivity contribution < 1.29 is 4.39 Å². The molecule has 3 unspecified atom stereocenters. The third kappa shape index (κ3) is 2.66. The minimum Gasteiger partial charge on any atom is -0.324 e. The van der Waals surface area contributed by atoms with Crippen molar-refractivity contribution in [3.63, 3.8) is 0 Å². The van der Waals surface area contributed by atoms with Crippen LogP contribution in [0.3, 0.4) is 0 Å². The molecule has 2 nitrogen and oxygen atoms in total. The van der Waals surface area contributed by atoms with Gasteiger partial charge in [0.05, 0.1) is 21.4 Å². The zero-order valence-corrected chi connectivity index (χ0v) is 13.6. The molecule has 2 aromatic rings. The van der Waals surface area contributed by atoms with Gasteiger partial charge in [-0.2, -0.15) is 0 Å². The molecule has 0 fully saturated rings. The molecule has 0 bridgehead atoms. The summed E-state index contributed by atoms with van der Waals surface area (Å²) in [5.74, 6) is 0.773. The van der Waals surface area contributed by atoms with Crippen LogP contribution in [0.15, 0.2) is 12.1 Å². The Balaban J connectivity index is 2.71. The highest BCUT2D eigenvalue weighted by atomic mass is 35.5. The summed E-state index contributed by atoms with van der Waals surface area (Å²) >= 11 is 12.2. The van der Waals surface area contributed by atoms with Crippen LogP contribution in [0, 0.1) is 11.7 Å². The number of imidazole rings is 1. The summed E-state index contributed by atoms with van der Waals surface area (Å²) in [6, 6.07) is 3.24. The monoisotopic (exact) mass is 316 g/mol. The van der Waals surface area contributed by atoms with Crippen molar-refractivity contribution in [2.24, 2.45) is 5.92 Å². The topological polar surface area (TPSA) is 17.8 Å². The lowest BCUT2D eigenvalue weighted by atomic mass is 10.0. The SMILES string of the molecule is CCC(C)C(C)n1c(C(C)Cl)nc2cc(F)c(Cl)cc21. The molecule has 5 heteroatoms. The predicted octanol–water partition coefficient (Wildman–Crippen LogP) is 5.74. The van der Waals surface area contributed by atoms with Gasteiger partial charge in [0, 0.05) is 12.1 Å². The average molecular weight is 317 g/mol. The van der Waals surface area contributed by atoms with Gasteiger partial charge >= 0.3 is 0 Å². The quantitative estimate of drug-likeness (QED) is 0.658. The van der Waals surface area contributed by atoms with E-state index in [4.69, 9.17) is 23.2 Å². The Morgan fingerprint density at radius 3 is 2.50 bits per heavy atom. The van der Waals surface area contributed by atoms with Crippen molar-refractivity contribution in [1.29, 1.82) is 0 Å². The fourth-order valence-corrected chi connectivity index (χ4v) is 2.73. The second kappa shape index (κ2) is 5.90. The first-order valence-corrected chi connectivity index (χ1v) is 7.69. The summed E-state index contributed by atoms with van der Waals surface area (Å²) in [7, 11) is 0. The van der Waals surface area contributed by atoms with Gasteiger partial charge in [0.15, 0.2) is 0 Å². The molecule has 0 aliphatic rings. The zero-order chi connectivity index (χ0) is 15.0. The first kappa shape index (κ1) is 15.6. The number of fused-ring (bicyclic) bond motifs is 1. The Morgan fingerprint density at radius 2 is 1.95 bits per heavy atom. The van der Waals surface area contributed by atoms with Crippen molar-refractivity contribution in [3.05, 3.63) is 28.8 Å². The number of benzene rings is 1. The molecule has 3 atom stereocenters. The standard InChI is InChI=1S/C15H19Cl2FN2/c1-5-8(2)10(4)20-14-6-11(17)12(18)7-13(14)19-15(20)9(3)16/h6-10H,5H2,1-4H3. The molecule has 0 amide bonds. The molecule has 1 aromatic heterocycles. The molecule has 0 radical (unpaired) electrons. The summed E-state index contributed by atoms with van der Waals surface area (Å²) in [6.07, 6.45) is 1.05. The highest BCUT2D eigenvalue weighted by Crippen LogP contribution is 2.33. The molecular formula is C15H19Cl2FN2. The maximum Gasteiger partial charge on any atom is 0.144 e. The molecule has 0 aliphatic heterocycles. The van der Waals surface area contributed by atoms with Gasteiger partial charge in [-0.15, -0.1) is 11.6 Å². The smallest absolute Gasteiger partial charge is 0.144 e.